The summed E-state index contributed by atoms with van der Waals surface area (Å²) < 4.78 is 5.39. The molecule has 2 aliphatic rings. The van der Waals surface area contributed by atoms with E-state index in [2.05, 4.69) is 22.1 Å². The third kappa shape index (κ3) is 2.21. The van der Waals surface area contributed by atoms with E-state index in [-0.39, 0.29) is 5.75 Å². The van der Waals surface area contributed by atoms with Gasteiger partial charge in [-0.1, -0.05) is 11.2 Å². The van der Waals surface area contributed by atoms with Gasteiger partial charge in [0.1, 0.15) is 5.75 Å². The minimum absolute atomic E-state index is 0.213. The standard InChI is InChI=1S/C16H19N3O2/c1-19-12-5-6-13(19)8-11(7-12)15-17-16(21-18-15)10-3-2-4-14(20)9-10/h2-4,9,11-13,20H,5-8H2,1H3. The number of nitrogens with zero attached hydrogens (tertiary/aromatic N) is 3. The molecule has 1 N–H and O–H groups in total. The summed E-state index contributed by atoms with van der Waals surface area (Å²) in [6, 6.07) is 8.26. The highest BCUT2D eigenvalue weighted by Gasteiger charge is 2.40. The van der Waals surface area contributed by atoms with Gasteiger partial charge in [-0.05, 0) is 50.9 Å². The van der Waals surface area contributed by atoms with E-state index < -0.39 is 0 Å². The summed E-state index contributed by atoms with van der Waals surface area (Å²) in [6.45, 7) is 0. The lowest BCUT2D eigenvalue weighted by Crippen LogP contribution is -2.39. The zero-order valence-electron chi connectivity index (χ0n) is 12.1. The van der Waals surface area contributed by atoms with Crippen molar-refractivity contribution >= 4 is 0 Å². The first-order valence-electron chi connectivity index (χ1n) is 7.55. The van der Waals surface area contributed by atoms with Gasteiger partial charge in [0.25, 0.3) is 5.89 Å². The lowest BCUT2D eigenvalue weighted by atomic mass is 9.90. The number of rotatable bonds is 2. The summed E-state index contributed by atoms with van der Waals surface area (Å²) in [7, 11) is 2.23. The van der Waals surface area contributed by atoms with Crippen LogP contribution in [-0.2, 0) is 0 Å². The van der Waals surface area contributed by atoms with Crippen molar-refractivity contribution in [2.75, 3.05) is 7.05 Å². The van der Waals surface area contributed by atoms with Crippen molar-refractivity contribution < 1.29 is 9.63 Å². The maximum absolute atomic E-state index is 9.54. The van der Waals surface area contributed by atoms with Crippen LogP contribution in [0.5, 0.6) is 5.75 Å². The average molecular weight is 285 g/mol. The van der Waals surface area contributed by atoms with E-state index in [1.165, 1.54) is 12.8 Å². The fraction of sp³-hybridized carbons (Fsp3) is 0.500. The Bertz CT molecular complexity index is 640. The molecule has 5 nitrogen and oxygen atoms in total. The zero-order chi connectivity index (χ0) is 14.4. The van der Waals surface area contributed by atoms with Crippen molar-refractivity contribution in [1.82, 2.24) is 15.0 Å². The Morgan fingerprint density at radius 3 is 2.71 bits per heavy atom. The van der Waals surface area contributed by atoms with Gasteiger partial charge >= 0.3 is 0 Å². The van der Waals surface area contributed by atoms with Gasteiger partial charge in [0.2, 0.25) is 0 Å². The maximum atomic E-state index is 9.54. The molecule has 5 heteroatoms. The summed E-state index contributed by atoms with van der Waals surface area (Å²) in [5, 5.41) is 13.7. The van der Waals surface area contributed by atoms with Gasteiger partial charge in [-0.15, -0.1) is 0 Å². The predicted octanol–water partition coefficient (Wildman–Crippen LogP) is 2.78. The lowest BCUT2D eigenvalue weighted by molar-refractivity contribution is 0.157. The van der Waals surface area contributed by atoms with Crippen LogP contribution < -0.4 is 0 Å². The molecule has 0 amide bonds. The topological polar surface area (TPSA) is 62.4 Å². The zero-order valence-corrected chi connectivity index (χ0v) is 12.1. The van der Waals surface area contributed by atoms with E-state index in [4.69, 9.17) is 4.52 Å². The molecule has 1 aromatic carbocycles. The molecule has 0 aliphatic carbocycles. The first-order valence-corrected chi connectivity index (χ1v) is 7.55. The van der Waals surface area contributed by atoms with Gasteiger partial charge in [0.15, 0.2) is 5.82 Å². The summed E-state index contributed by atoms with van der Waals surface area (Å²) >= 11 is 0. The molecule has 2 aromatic rings. The summed E-state index contributed by atoms with van der Waals surface area (Å²) in [4.78, 5) is 7.07. The molecule has 2 aliphatic heterocycles. The molecule has 0 saturated carbocycles. The van der Waals surface area contributed by atoms with E-state index >= 15 is 0 Å². The van der Waals surface area contributed by atoms with Crippen LogP contribution in [0.15, 0.2) is 28.8 Å². The molecular weight excluding hydrogens is 266 g/mol. The molecule has 2 fully saturated rings. The van der Waals surface area contributed by atoms with Crippen molar-refractivity contribution in [2.45, 2.75) is 43.7 Å². The smallest absolute Gasteiger partial charge is 0.258 e. The number of phenolic OH excluding ortho intramolecular Hbond substituents is 1. The van der Waals surface area contributed by atoms with Crippen LogP contribution in [0.1, 0.15) is 37.4 Å². The van der Waals surface area contributed by atoms with Gasteiger partial charge in [-0.3, -0.25) is 0 Å². The molecule has 2 unspecified atom stereocenters. The van der Waals surface area contributed by atoms with Crippen LogP contribution >= 0.6 is 0 Å². The molecule has 2 bridgehead atoms. The van der Waals surface area contributed by atoms with Gasteiger partial charge < -0.3 is 14.5 Å². The molecule has 21 heavy (non-hydrogen) atoms. The molecule has 1 aromatic heterocycles. The Kier molecular flexibility index (Phi) is 2.96. The molecular formula is C16H19N3O2. The Hall–Kier alpha value is -1.88. The predicted molar refractivity (Wildman–Crippen MR) is 77.9 cm³/mol. The van der Waals surface area contributed by atoms with E-state index in [9.17, 15) is 5.11 Å². The van der Waals surface area contributed by atoms with E-state index in [1.54, 1.807) is 18.2 Å². The minimum Gasteiger partial charge on any atom is -0.508 e. The largest absolute Gasteiger partial charge is 0.508 e. The SMILES string of the molecule is CN1C2CCC1CC(c1noc(-c3cccc(O)c3)n1)C2. The molecule has 3 heterocycles. The molecule has 2 atom stereocenters. The van der Waals surface area contributed by atoms with Crippen LogP contribution in [0, 0.1) is 0 Å². The van der Waals surface area contributed by atoms with E-state index in [1.807, 2.05) is 6.07 Å². The second-order valence-corrected chi connectivity index (χ2v) is 6.23. The quantitative estimate of drug-likeness (QED) is 0.919. The van der Waals surface area contributed by atoms with Crippen LogP contribution in [0.4, 0.5) is 0 Å². The maximum Gasteiger partial charge on any atom is 0.258 e. The van der Waals surface area contributed by atoms with Gasteiger partial charge in [-0.2, -0.15) is 4.98 Å². The Morgan fingerprint density at radius 1 is 1.24 bits per heavy atom. The normalized spacial score (nSPS) is 28.9. The Balaban J connectivity index is 1.58. The van der Waals surface area contributed by atoms with Crippen LogP contribution in [0.3, 0.4) is 0 Å². The second-order valence-electron chi connectivity index (χ2n) is 6.23. The number of hydrogen-bond donors (Lipinski definition) is 1. The van der Waals surface area contributed by atoms with Crippen molar-refractivity contribution in [3.8, 4) is 17.2 Å². The van der Waals surface area contributed by atoms with Gasteiger partial charge in [-0.25, -0.2) is 0 Å². The number of aromatic hydroxyl groups is 1. The molecule has 0 radical (unpaired) electrons. The van der Waals surface area contributed by atoms with Gasteiger partial charge in [0.05, 0.1) is 0 Å². The molecule has 0 spiro atoms. The number of hydrogen-bond acceptors (Lipinski definition) is 5. The first-order chi connectivity index (χ1) is 10.2. The third-order valence-electron chi connectivity index (χ3n) is 5.00. The molecule has 110 valence electrons. The number of fused-ring (bicyclic) bond motifs is 2. The van der Waals surface area contributed by atoms with Crippen LogP contribution in [0.25, 0.3) is 11.5 Å². The van der Waals surface area contributed by atoms with Crippen molar-refractivity contribution in [1.29, 1.82) is 0 Å². The average Bonchev–Trinajstić information content (AvgIpc) is 3.02. The fourth-order valence-corrected chi connectivity index (χ4v) is 3.78. The number of benzene rings is 1. The first kappa shape index (κ1) is 12.8. The number of aromatic nitrogens is 2. The monoisotopic (exact) mass is 285 g/mol. The lowest BCUT2D eigenvalue weighted by Gasteiger charge is -2.34. The van der Waals surface area contributed by atoms with Crippen molar-refractivity contribution in [3.63, 3.8) is 0 Å². The molecule has 2 saturated heterocycles. The van der Waals surface area contributed by atoms with Crippen LogP contribution in [-0.4, -0.2) is 39.3 Å². The summed E-state index contributed by atoms with van der Waals surface area (Å²) in [5.74, 6) is 1.92. The van der Waals surface area contributed by atoms with E-state index in [0.717, 1.165) is 24.2 Å². The number of piperidine rings is 1. The molecule has 4 rings (SSSR count). The highest BCUT2D eigenvalue weighted by Crippen LogP contribution is 2.41. The Labute approximate surface area is 123 Å². The Morgan fingerprint density at radius 2 is 2.00 bits per heavy atom. The van der Waals surface area contributed by atoms with Crippen molar-refractivity contribution in [3.05, 3.63) is 30.1 Å². The second kappa shape index (κ2) is 4.84. The summed E-state index contributed by atoms with van der Waals surface area (Å²) in [6.07, 6.45) is 4.81. The minimum atomic E-state index is 0.213. The number of phenols is 1. The van der Waals surface area contributed by atoms with Crippen LogP contribution in [0.2, 0.25) is 0 Å². The highest BCUT2D eigenvalue weighted by molar-refractivity contribution is 5.55. The fourth-order valence-electron chi connectivity index (χ4n) is 3.78. The van der Waals surface area contributed by atoms with E-state index in [0.29, 0.717) is 23.9 Å². The van der Waals surface area contributed by atoms with Gasteiger partial charge in [0, 0.05) is 23.6 Å². The highest BCUT2D eigenvalue weighted by atomic mass is 16.5. The van der Waals surface area contributed by atoms with Crippen molar-refractivity contribution in [2.24, 2.45) is 0 Å². The summed E-state index contributed by atoms with van der Waals surface area (Å²) in [5.41, 5.74) is 0.768. The third-order valence-corrected chi connectivity index (χ3v) is 5.00.